The van der Waals surface area contributed by atoms with Gasteiger partial charge >= 0.3 is 18.1 Å². The lowest BCUT2D eigenvalue weighted by Gasteiger charge is -2.03. The minimum absolute atomic E-state index is 0.204. The molecule has 2 N–H and O–H groups in total. The van der Waals surface area contributed by atoms with Crippen molar-refractivity contribution in [3.63, 3.8) is 0 Å². The highest BCUT2D eigenvalue weighted by atomic mass is 19.4. The van der Waals surface area contributed by atoms with Crippen molar-refractivity contribution in [2.45, 2.75) is 19.6 Å². The Bertz CT molecular complexity index is 1060. The number of hydrogen-bond acceptors (Lipinski definition) is 6. The van der Waals surface area contributed by atoms with Crippen LogP contribution in [0.15, 0.2) is 36.9 Å². The standard InChI is InChI=1S/C15H12N4O3.C2HF3O2/c1-9(20)15-12-3-2-10(11-5-16-8-17-6-11)4-13(12)19(18-15)7-14(21)22;3-2(4,5)1(6)7/h2-6,8H,7H2,1H3,(H,21,22);(H,6,7). The Morgan fingerprint density at radius 1 is 1.07 bits per heavy atom. The summed E-state index contributed by atoms with van der Waals surface area (Å²) in [6, 6.07) is 5.39. The molecule has 3 aromatic rings. The molecule has 0 spiro atoms. The molecular formula is C17H13F3N4O5. The number of rotatable bonds is 4. The number of ketones is 1. The Kier molecular flexibility index (Phi) is 6.26. The van der Waals surface area contributed by atoms with E-state index in [9.17, 15) is 22.8 Å². The molecule has 0 radical (unpaired) electrons. The van der Waals surface area contributed by atoms with Crippen LogP contribution in [0.4, 0.5) is 13.2 Å². The van der Waals surface area contributed by atoms with Crippen LogP contribution in [0.3, 0.4) is 0 Å². The third-order valence-electron chi connectivity index (χ3n) is 3.51. The number of carbonyl (C=O) groups excluding carboxylic acids is 1. The molecule has 0 fully saturated rings. The van der Waals surface area contributed by atoms with Crippen molar-refractivity contribution in [1.82, 2.24) is 19.7 Å². The fourth-order valence-corrected chi connectivity index (χ4v) is 2.31. The maximum Gasteiger partial charge on any atom is 0.490 e. The lowest BCUT2D eigenvalue weighted by Crippen LogP contribution is -2.21. The Labute approximate surface area is 160 Å². The number of nitrogens with zero attached hydrogens (tertiary/aromatic N) is 4. The number of hydrogen-bond donors (Lipinski definition) is 2. The van der Waals surface area contributed by atoms with Crippen LogP contribution in [-0.2, 0) is 16.1 Å². The van der Waals surface area contributed by atoms with Crippen molar-refractivity contribution in [2.75, 3.05) is 0 Å². The van der Waals surface area contributed by atoms with E-state index in [4.69, 9.17) is 15.0 Å². The number of benzene rings is 1. The van der Waals surface area contributed by atoms with E-state index in [0.717, 1.165) is 11.1 Å². The largest absolute Gasteiger partial charge is 0.490 e. The first-order valence-electron chi connectivity index (χ1n) is 7.79. The second kappa shape index (κ2) is 8.46. The maximum absolute atomic E-state index is 11.7. The third-order valence-corrected chi connectivity index (χ3v) is 3.51. The number of Topliss-reactive ketones (excluding diaryl/α,β-unsaturated/α-hetero) is 1. The van der Waals surface area contributed by atoms with Gasteiger partial charge in [-0.05, 0) is 17.7 Å². The van der Waals surface area contributed by atoms with E-state index in [2.05, 4.69) is 15.1 Å². The van der Waals surface area contributed by atoms with Gasteiger partial charge in [0.15, 0.2) is 5.78 Å². The number of fused-ring (bicyclic) bond motifs is 1. The second-order valence-corrected chi connectivity index (χ2v) is 5.62. The molecule has 12 heteroatoms. The zero-order valence-corrected chi connectivity index (χ0v) is 14.7. The number of halogens is 3. The van der Waals surface area contributed by atoms with Crippen molar-refractivity contribution >= 4 is 28.6 Å². The average Bonchev–Trinajstić information content (AvgIpc) is 2.99. The molecule has 0 aliphatic heterocycles. The Hall–Kier alpha value is -3.83. The van der Waals surface area contributed by atoms with Crippen LogP contribution in [0.1, 0.15) is 17.4 Å². The molecule has 0 bridgehead atoms. The van der Waals surface area contributed by atoms with Crippen LogP contribution in [0, 0.1) is 0 Å². The Balaban J connectivity index is 0.000000370. The van der Waals surface area contributed by atoms with Crippen LogP contribution in [0.25, 0.3) is 22.0 Å². The first-order chi connectivity index (χ1) is 13.5. The van der Waals surface area contributed by atoms with Gasteiger partial charge in [-0.25, -0.2) is 14.8 Å². The van der Waals surface area contributed by atoms with E-state index in [1.54, 1.807) is 24.5 Å². The van der Waals surface area contributed by atoms with Gasteiger partial charge in [-0.3, -0.25) is 14.3 Å². The molecule has 0 amide bonds. The lowest BCUT2D eigenvalue weighted by molar-refractivity contribution is -0.192. The second-order valence-electron chi connectivity index (χ2n) is 5.62. The van der Waals surface area contributed by atoms with Gasteiger partial charge < -0.3 is 10.2 Å². The monoisotopic (exact) mass is 410 g/mol. The number of aliphatic carboxylic acids is 2. The van der Waals surface area contributed by atoms with Crippen molar-refractivity contribution < 1.29 is 37.8 Å². The average molecular weight is 410 g/mol. The van der Waals surface area contributed by atoms with Crippen LogP contribution in [-0.4, -0.2) is 53.9 Å². The number of carboxylic acid groups (broad SMARTS) is 2. The summed E-state index contributed by atoms with van der Waals surface area (Å²) in [5.41, 5.74) is 2.49. The highest BCUT2D eigenvalue weighted by Crippen LogP contribution is 2.26. The molecule has 0 aliphatic rings. The van der Waals surface area contributed by atoms with Gasteiger partial charge in [0.25, 0.3) is 0 Å². The Morgan fingerprint density at radius 2 is 1.66 bits per heavy atom. The quantitative estimate of drug-likeness (QED) is 0.626. The van der Waals surface area contributed by atoms with Crippen LogP contribution < -0.4 is 0 Å². The summed E-state index contributed by atoms with van der Waals surface area (Å²) in [6.45, 7) is 1.10. The number of carbonyl (C=O) groups is 3. The van der Waals surface area contributed by atoms with E-state index in [1.807, 2.05) is 6.07 Å². The van der Waals surface area contributed by atoms with Gasteiger partial charge in [0.1, 0.15) is 18.6 Å². The fraction of sp³-hybridized carbons (Fsp3) is 0.176. The summed E-state index contributed by atoms with van der Waals surface area (Å²) in [4.78, 5) is 39.5. The molecule has 9 nitrogen and oxygen atoms in total. The van der Waals surface area contributed by atoms with E-state index in [0.29, 0.717) is 10.9 Å². The summed E-state index contributed by atoms with van der Waals surface area (Å²) in [5, 5.41) is 20.9. The minimum Gasteiger partial charge on any atom is -0.480 e. The molecule has 0 aliphatic carbocycles. The predicted molar refractivity (Wildman–Crippen MR) is 92.1 cm³/mol. The van der Waals surface area contributed by atoms with Gasteiger partial charge in [0.2, 0.25) is 0 Å². The van der Waals surface area contributed by atoms with Crippen molar-refractivity contribution in [1.29, 1.82) is 0 Å². The minimum atomic E-state index is -5.08. The van der Waals surface area contributed by atoms with Crippen LogP contribution in [0.5, 0.6) is 0 Å². The van der Waals surface area contributed by atoms with Crippen molar-refractivity contribution in [2.24, 2.45) is 0 Å². The summed E-state index contributed by atoms with van der Waals surface area (Å²) >= 11 is 0. The van der Waals surface area contributed by atoms with Gasteiger partial charge in [0, 0.05) is 30.3 Å². The molecule has 3 rings (SSSR count). The zero-order valence-electron chi connectivity index (χ0n) is 14.7. The summed E-state index contributed by atoms with van der Waals surface area (Å²) in [7, 11) is 0. The van der Waals surface area contributed by atoms with Crippen LogP contribution in [0.2, 0.25) is 0 Å². The van der Waals surface area contributed by atoms with Gasteiger partial charge in [0.05, 0.1) is 5.52 Å². The lowest BCUT2D eigenvalue weighted by atomic mass is 10.1. The van der Waals surface area contributed by atoms with Gasteiger partial charge in [-0.1, -0.05) is 6.07 Å². The SMILES string of the molecule is CC(=O)c1nn(CC(=O)O)c2cc(-c3cncnc3)ccc12.O=C(O)C(F)(F)F. The Morgan fingerprint density at radius 3 is 2.14 bits per heavy atom. The molecule has 0 atom stereocenters. The number of carboxylic acids is 2. The summed E-state index contributed by atoms with van der Waals surface area (Å²) in [6.07, 6.45) is -0.319. The summed E-state index contributed by atoms with van der Waals surface area (Å²) < 4.78 is 33.1. The van der Waals surface area contributed by atoms with E-state index in [1.165, 1.54) is 17.9 Å². The van der Waals surface area contributed by atoms with Gasteiger partial charge in [-0.2, -0.15) is 18.3 Å². The maximum atomic E-state index is 11.7. The first-order valence-corrected chi connectivity index (χ1v) is 7.79. The third kappa shape index (κ3) is 5.34. The highest BCUT2D eigenvalue weighted by Gasteiger charge is 2.38. The van der Waals surface area contributed by atoms with E-state index < -0.39 is 18.1 Å². The number of aromatic nitrogens is 4. The van der Waals surface area contributed by atoms with Crippen molar-refractivity contribution in [3.05, 3.63) is 42.6 Å². The van der Waals surface area contributed by atoms with Crippen LogP contribution >= 0.6 is 0 Å². The molecule has 0 saturated heterocycles. The molecule has 0 unspecified atom stereocenters. The first kappa shape index (κ1) is 21.5. The predicted octanol–water partition coefficient (Wildman–Crippen LogP) is 2.41. The molecule has 2 aromatic heterocycles. The topological polar surface area (TPSA) is 135 Å². The zero-order chi connectivity index (χ0) is 21.8. The van der Waals surface area contributed by atoms with E-state index in [-0.39, 0.29) is 18.0 Å². The smallest absolute Gasteiger partial charge is 0.480 e. The molecular weight excluding hydrogens is 397 g/mol. The highest BCUT2D eigenvalue weighted by molar-refractivity contribution is 6.05. The van der Waals surface area contributed by atoms with Gasteiger partial charge in [-0.15, -0.1) is 0 Å². The molecule has 152 valence electrons. The normalized spacial score (nSPS) is 10.9. The fourth-order valence-electron chi connectivity index (χ4n) is 2.31. The summed E-state index contributed by atoms with van der Waals surface area (Å²) in [5.74, 6) is -3.98. The molecule has 2 heterocycles. The number of alkyl halides is 3. The van der Waals surface area contributed by atoms with Crippen molar-refractivity contribution in [3.8, 4) is 11.1 Å². The molecule has 1 aromatic carbocycles. The van der Waals surface area contributed by atoms with E-state index >= 15 is 0 Å². The molecule has 29 heavy (non-hydrogen) atoms. The molecule has 0 saturated carbocycles.